The maximum atomic E-state index is 12.9. The lowest BCUT2D eigenvalue weighted by Gasteiger charge is -2.51. The van der Waals surface area contributed by atoms with Crippen LogP contribution in [0, 0.1) is 11.8 Å². The molecule has 5 nitrogen and oxygen atoms in total. The molecule has 5 rings (SSSR count). The van der Waals surface area contributed by atoms with Gasteiger partial charge in [0.15, 0.2) is 23.4 Å². The van der Waals surface area contributed by atoms with Crippen LogP contribution in [0.1, 0.15) is 43.2 Å². The van der Waals surface area contributed by atoms with Crippen molar-refractivity contribution in [1.82, 2.24) is 4.90 Å². The quantitative estimate of drug-likeness (QED) is 0.278. The van der Waals surface area contributed by atoms with Crippen molar-refractivity contribution in [2.75, 3.05) is 18.5 Å². The lowest BCUT2D eigenvalue weighted by atomic mass is 9.55. The zero-order valence-corrected chi connectivity index (χ0v) is 18.5. The minimum Gasteiger partial charge on any atom is -0.477 e. The molecule has 28 heavy (non-hydrogen) atoms. The second-order valence-electron chi connectivity index (χ2n) is 8.99. The van der Waals surface area contributed by atoms with Gasteiger partial charge in [-0.3, -0.25) is 9.59 Å². The number of likely N-dealkylation sites (N-methyl/N-ethyl adjacent to an activating group) is 1. The second kappa shape index (κ2) is 6.69. The lowest BCUT2D eigenvalue weighted by Crippen LogP contribution is -2.61. The number of halogens is 1. The molecule has 4 aliphatic rings. The van der Waals surface area contributed by atoms with E-state index in [2.05, 4.69) is 47.7 Å². The molecule has 3 aliphatic carbocycles. The third kappa shape index (κ3) is 2.46. The summed E-state index contributed by atoms with van der Waals surface area (Å²) in [5.74, 6) is 1.57. The standard InChI is InChI=1S/C22H26INO4/c1-24(2)15-10-13-6-9-17(27-21(26)12-4-3-5-12)19-18(13)22(11-23)14(15)7-8-16(25)20(22)28-19/h6,9,12,14-15,20H,3-5,7-8,10-11H2,1-2H3/t14?,15-,20+,22+/m1/s1. The molecule has 1 aliphatic heterocycles. The maximum Gasteiger partial charge on any atom is 0.314 e. The summed E-state index contributed by atoms with van der Waals surface area (Å²) in [4.78, 5) is 27.7. The molecule has 1 aromatic carbocycles. The first kappa shape index (κ1) is 18.9. The number of hydrogen-bond acceptors (Lipinski definition) is 5. The number of ether oxygens (including phenoxy) is 2. The molecule has 0 spiro atoms. The Hall–Kier alpha value is -1.15. The first-order valence-electron chi connectivity index (χ1n) is 10.3. The van der Waals surface area contributed by atoms with E-state index in [1.165, 1.54) is 5.56 Å². The Kier molecular flexibility index (Phi) is 4.50. The van der Waals surface area contributed by atoms with Crippen molar-refractivity contribution < 1.29 is 19.1 Å². The van der Waals surface area contributed by atoms with E-state index in [0.29, 0.717) is 29.9 Å². The highest BCUT2D eigenvalue weighted by atomic mass is 127. The molecule has 150 valence electrons. The Bertz CT molecular complexity index is 849. The van der Waals surface area contributed by atoms with E-state index in [1.54, 1.807) is 0 Å². The molecule has 6 heteroatoms. The molecule has 1 unspecified atom stereocenters. The van der Waals surface area contributed by atoms with Gasteiger partial charge in [-0.2, -0.15) is 0 Å². The number of Topliss-reactive ketones (excluding diaryl/α,β-unsaturated/α-hetero) is 1. The Labute approximate surface area is 179 Å². The number of benzene rings is 1. The smallest absolute Gasteiger partial charge is 0.314 e. The van der Waals surface area contributed by atoms with Gasteiger partial charge in [-0.1, -0.05) is 35.1 Å². The highest BCUT2D eigenvalue weighted by molar-refractivity contribution is 14.1. The van der Waals surface area contributed by atoms with Gasteiger partial charge >= 0.3 is 5.97 Å². The van der Waals surface area contributed by atoms with Crippen molar-refractivity contribution in [3.63, 3.8) is 0 Å². The minimum atomic E-state index is -0.455. The molecule has 0 amide bonds. The normalized spacial score (nSPS) is 33.3. The maximum absolute atomic E-state index is 12.9. The highest BCUT2D eigenvalue weighted by Crippen LogP contribution is 2.60. The van der Waals surface area contributed by atoms with Crippen molar-refractivity contribution in [3.8, 4) is 11.5 Å². The third-order valence-corrected chi connectivity index (χ3v) is 8.72. The number of carbonyl (C=O) groups excluding carboxylic acids is 2. The fourth-order valence-corrected chi connectivity index (χ4v) is 7.12. The van der Waals surface area contributed by atoms with Gasteiger partial charge in [0.2, 0.25) is 0 Å². The molecule has 0 bridgehead atoms. The summed E-state index contributed by atoms with van der Waals surface area (Å²) in [6.07, 6.45) is 4.86. The lowest BCUT2D eigenvalue weighted by molar-refractivity contribution is -0.141. The van der Waals surface area contributed by atoms with Gasteiger partial charge in [-0.25, -0.2) is 0 Å². The van der Waals surface area contributed by atoms with Crippen LogP contribution < -0.4 is 9.47 Å². The van der Waals surface area contributed by atoms with E-state index in [0.717, 1.165) is 42.1 Å². The number of nitrogens with zero attached hydrogens (tertiary/aromatic N) is 1. The molecule has 0 N–H and O–H groups in total. The molecule has 0 radical (unpaired) electrons. The molecule has 1 aromatic rings. The van der Waals surface area contributed by atoms with Gasteiger partial charge in [-0.15, -0.1) is 0 Å². The molecule has 4 atom stereocenters. The van der Waals surface area contributed by atoms with Gasteiger partial charge in [0, 0.05) is 22.5 Å². The van der Waals surface area contributed by atoms with Crippen LogP contribution in [0.25, 0.3) is 0 Å². The highest BCUT2D eigenvalue weighted by Gasteiger charge is 2.63. The van der Waals surface area contributed by atoms with E-state index in [1.807, 2.05) is 6.07 Å². The number of rotatable bonds is 4. The van der Waals surface area contributed by atoms with E-state index in [9.17, 15) is 9.59 Å². The molecule has 2 fully saturated rings. The number of esters is 1. The van der Waals surface area contributed by atoms with Crippen LogP contribution in [-0.4, -0.2) is 47.3 Å². The summed E-state index contributed by atoms with van der Waals surface area (Å²) >= 11 is 2.43. The summed E-state index contributed by atoms with van der Waals surface area (Å²) in [5, 5.41) is 0. The van der Waals surface area contributed by atoms with Crippen molar-refractivity contribution in [1.29, 1.82) is 0 Å². The summed E-state index contributed by atoms with van der Waals surface area (Å²) in [5.41, 5.74) is 2.07. The van der Waals surface area contributed by atoms with Crippen LogP contribution in [0.3, 0.4) is 0 Å². The van der Waals surface area contributed by atoms with Gasteiger partial charge in [0.1, 0.15) is 0 Å². The summed E-state index contributed by atoms with van der Waals surface area (Å²) in [7, 11) is 4.26. The molecule has 0 aromatic heterocycles. The molecular formula is C22H26INO4. The Morgan fingerprint density at radius 2 is 2.11 bits per heavy atom. The zero-order chi connectivity index (χ0) is 19.6. The van der Waals surface area contributed by atoms with Gasteiger partial charge in [0.05, 0.1) is 11.3 Å². The van der Waals surface area contributed by atoms with Crippen LogP contribution >= 0.6 is 22.6 Å². The van der Waals surface area contributed by atoms with Crippen molar-refractivity contribution in [2.45, 2.75) is 56.1 Å². The van der Waals surface area contributed by atoms with E-state index in [4.69, 9.17) is 9.47 Å². The first-order valence-corrected chi connectivity index (χ1v) is 11.8. The number of carbonyl (C=O) groups is 2. The van der Waals surface area contributed by atoms with Gasteiger partial charge < -0.3 is 14.4 Å². The van der Waals surface area contributed by atoms with Crippen LogP contribution in [-0.2, 0) is 21.4 Å². The number of alkyl halides is 1. The number of hydrogen-bond donors (Lipinski definition) is 0. The first-order chi connectivity index (χ1) is 13.5. The van der Waals surface area contributed by atoms with Crippen molar-refractivity contribution in [3.05, 3.63) is 23.3 Å². The summed E-state index contributed by atoms with van der Waals surface area (Å²) in [6.45, 7) is 0. The van der Waals surface area contributed by atoms with Gasteiger partial charge in [0.25, 0.3) is 0 Å². The van der Waals surface area contributed by atoms with Crippen molar-refractivity contribution in [2.24, 2.45) is 11.8 Å². The van der Waals surface area contributed by atoms with E-state index >= 15 is 0 Å². The summed E-state index contributed by atoms with van der Waals surface area (Å²) < 4.78 is 13.0. The fourth-order valence-electron chi connectivity index (χ4n) is 5.77. The predicted octanol–water partition coefficient (Wildman–Crippen LogP) is 3.29. The van der Waals surface area contributed by atoms with Gasteiger partial charge in [-0.05, 0) is 57.3 Å². The van der Waals surface area contributed by atoms with Crippen LogP contribution in [0.15, 0.2) is 12.1 Å². The Balaban J connectivity index is 1.63. The van der Waals surface area contributed by atoms with Crippen LogP contribution in [0.5, 0.6) is 11.5 Å². The monoisotopic (exact) mass is 495 g/mol. The topological polar surface area (TPSA) is 55.8 Å². The molecule has 1 heterocycles. The largest absolute Gasteiger partial charge is 0.477 e. The SMILES string of the molecule is CN(C)[C@@H]1Cc2ccc(OC(=O)C3CCC3)c3c2[C@]2(CI)C1CCC(=O)[C@@H]2O3. The molecule has 0 saturated heterocycles. The zero-order valence-electron chi connectivity index (χ0n) is 16.4. The predicted molar refractivity (Wildman–Crippen MR) is 113 cm³/mol. The van der Waals surface area contributed by atoms with E-state index in [-0.39, 0.29) is 23.1 Å². The Morgan fingerprint density at radius 1 is 1.32 bits per heavy atom. The van der Waals surface area contributed by atoms with Crippen molar-refractivity contribution >= 4 is 34.3 Å². The Morgan fingerprint density at radius 3 is 2.75 bits per heavy atom. The second-order valence-corrected chi connectivity index (χ2v) is 9.76. The fraction of sp³-hybridized carbons (Fsp3) is 0.636. The van der Waals surface area contributed by atoms with Crippen LogP contribution in [0.2, 0.25) is 0 Å². The molecular weight excluding hydrogens is 469 g/mol. The van der Waals surface area contributed by atoms with Crippen LogP contribution in [0.4, 0.5) is 0 Å². The average molecular weight is 495 g/mol. The third-order valence-electron chi connectivity index (χ3n) is 7.46. The average Bonchev–Trinajstić information content (AvgIpc) is 2.99. The summed E-state index contributed by atoms with van der Waals surface area (Å²) in [6, 6.07) is 4.35. The minimum absolute atomic E-state index is 0.0120. The van der Waals surface area contributed by atoms with E-state index < -0.39 is 6.10 Å². The molecule has 2 saturated carbocycles. The number of ketones is 1.